The van der Waals surface area contributed by atoms with E-state index in [4.69, 9.17) is 11.6 Å². The van der Waals surface area contributed by atoms with Gasteiger partial charge in [-0.05, 0) is 43.5 Å². The number of nitrogens with zero attached hydrogens (tertiary/aromatic N) is 1. The molecule has 1 fully saturated rings. The number of carbonyl (C=O) groups is 1. The molecule has 1 aliphatic rings. The predicted molar refractivity (Wildman–Crippen MR) is 79.7 cm³/mol. The third-order valence-electron chi connectivity index (χ3n) is 3.83. The highest BCUT2D eigenvalue weighted by atomic mass is 35.5. The van der Waals surface area contributed by atoms with Gasteiger partial charge in [0.15, 0.2) is 0 Å². The summed E-state index contributed by atoms with van der Waals surface area (Å²) in [6.45, 7) is 1.90. The number of aryl methyl sites for hydroxylation is 1. The summed E-state index contributed by atoms with van der Waals surface area (Å²) in [7, 11) is 0. The number of benzene rings is 1. The minimum absolute atomic E-state index is 0.209. The highest BCUT2D eigenvalue weighted by molar-refractivity contribution is 6.31. The van der Waals surface area contributed by atoms with Gasteiger partial charge in [-0.25, -0.2) is 0 Å². The van der Waals surface area contributed by atoms with Gasteiger partial charge in [-0.2, -0.15) is 5.26 Å². The molecule has 106 valence electrons. The highest BCUT2D eigenvalue weighted by Gasteiger charge is 2.32. The van der Waals surface area contributed by atoms with Gasteiger partial charge in [0.1, 0.15) is 5.54 Å². The lowest BCUT2D eigenvalue weighted by Gasteiger charge is -2.26. The number of carbonyl (C=O) groups excluding carboxylic acids is 1. The summed E-state index contributed by atoms with van der Waals surface area (Å²) in [5, 5.41) is 13.0. The Hall–Kier alpha value is -1.53. The molecule has 0 radical (unpaired) electrons. The van der Waals surface area contributed by atoms with Crippen molar-refractivity contribution in [3.05, 3.63) is 34.3 Å². The molecule has 0 heterocycles. The van der Waals surface area contributed by atoms with Crippen LogP contribution in [0.4, 0.5) is 0 Å². The first-order valence-electron chi connectivity index (χ1n) is 7.06. The molecule has 2 rings (SSSR count). The first-order chi connectivity index (χ1) is 9.54. The van der Waals surface area contributed by atoms with E-state index in [1.54, 1.807) is 12.1 Å². The zero-order valence-corrected chi connectivity index (χ0v) is 12.5. The van der Waals surface area contributed by atoms with Crippen molar-refractivity contribution in [2.45, 2.75) is 51.0 Å². The SMILES string of the molecule is Cc1cc(Cl)cc(C(=O)NC2(C#N)CCCCCC2)c1. The molecule has 0 aliphatic heterocycles. The fraction of sp³-hybridized carbons (Fsp3) is 0.500. The van der Waals surface area contributed by atoms with Crippen LogP contribution in [0.15, 0.2) is 18.2 Å². The van der Waals surface area contributed by atoms with E-state index < -0.39 is 5.54 Å². The lowest BCUT2D eigenvalue weighted by atomic mass is 9.91. The molecule has 0 spiro atoms. The van der Waals surface area contributed by atoms with Gasteiger partial charge in [0.2, 0.25) is 0 Å². The Kier molecular flexibility index (Phi) is 4.67. The molecule has 0 bridgehead atoms. The second kappa shape index (κ2) is 6.28. The van der Waals surface area contributed by atoms with Gasteiger partial charge in [-0.1, -0.05) is 37.3 Å². The number of hydrogen-bond acceptors (Lipinski definition) is 2. The van der Waals surface area contributed by atoms with Crippen LogP contribution in [0.2, 0.25) is 5.02 Å². The molecule has 1 aromatic rings. The lowest BCUT2D eigenvalue weighted by Crippen LogP contribution is -2.47. The molecule has 4 heteroatoms. The van der Waals surface area contributed by atoms with Gasteiger partial charge in [-0.3, -0.25) is 4.79 Å². The van der Waals surface area contributed by atoms with Crippen LogP contribution in [0.25, 0.3) is 0 Å². The van der Waals surface area contributed by atoms with Gasteiger partial charge in [0.05, 0.1) is 6.07 Å². The van der Waals surface area contributed by atoms with E-state index in [0.717, 1.165) is 44.1 Å². The van der Waals surface area contributed by atoms with E-state index in [1.807, 2.05) is 13.0 Å². The van der Waals surface area contributed by atoms with E-state index >= 15 is 0 Å². The van der Waals surface area contributed by atoms with Gasteiger partial charge >= 0.3 is 0 Å². The van der Waals surface area contributed by atoms with E-state index in [-0.39, 0.29) is 5.91 Å². The van der Waals surface area contributed by atoms with Crippen LogP contribution < -0.4 is 5.32 Å². The van der Waals surface area contributed by atoms with Crippen molar-refractivity contribution in [3.8, 4) is 6.07 Å². The van der Waals surface area contributed by atoms with Crippen LogP contribution in [-0.2, 0) is 0 Å². The van der Waals surface area contributed by atoms with Crippen LogP contribution in [0.5, 0.6) is 0 Å². The standard InChI is InChI=1S/C16H19ClN2O/c1-12-8-13(10-14(17)9-12)15(20)19-16(11-18)6-4-2-3-5-7-16/h8-10H,2-7H2,1H3,(H,19,20). The highest BCUT2D eigenvalue weighted by Crippen LogP contribution is 2.27. The minimum Gasteiger partial charge on any atom is -0.334 e. The molecule has 0 atom stereocenters. The Morgan fingerprint density at radius 2 is 1.90 bits per heavy atom. The average Bonchev–Trinajstić information content (AvgIpc) is 2.64. The molecule has 1 saturated carbocycles. The third kappa shape index (κ3) is 3.52. The maximum atomic E-state index is 12.4. The third-order valence-corrected chi connectivity index (χ3v) is 4.05. The second-order valence-corrected chi connectivity index (χ2v) is 6.02. The van der Waals surface area contributed by atoms with Crippen molar-refractivity contribution in [3.63, 3.8) is 0 Å². The van der Waals surface area contributed by atoms with Crippen LogP contribution >= 0.6 is 11.6 Å². The number of nitrogens with one attached hydrogen (secondary N) is 1. The molecule has 0 saturated heterocycles. The maximum Gasteiger partial charge on any atom is 0.252 e. The predicted octanol–water partition coefficient (Wildman–Crippen LogP) is 3.99. The van der Waals surface area contributed by atoms with Crippen molar-refractivity contribution in [2.75, 3.05) is 0 Å². The maximum absolute atomic E-state index is 12.4. The van der Waals surface area contributed by atoms with Crippen LogP contribution in [0.3, 0.4) is 0 Å². The Bertz CT molecular complexity index is 520. The summed E-state index contributed by atoms with van der Waals surface area (Å²) in [4.78, 5) is 12.4. The quantitative estimate of drug-likeness (QED) is 0.837. The summed E-state index contributed by atoms with van der Waals surface area (Å²) < 4.78 is 0. The van der Waals surface area contributed by atoms with Crippen molar-refractivity contribution < 1.29 is 4.79 Å². The molecule has 3 nitrogen and oxygen atoms in total. The Labute approximate surface area is 124 Å². The first-order valence-corrected chi connectivity index (χ1v) is 7.43. The molecule has 0 unspecified atom stereocenters. The van der Waals surface area contributed by atoms with Crippen LogP contribution in [0.1, 0.15) is 54.4 Å². The van der Waals surface area contributed by atoms with Crippen molar-refractivity contribution >= 4 is 17.5 Å². The normalized spacial score (nSPS) is 17.9. The smallest absolute Gasteiger partial charge is 0.252 e. The molecular formula is C16H19ClN2O. The number of halogens is 1. The number of amides is 1. The zero-order chi connectivity index (χ0) is 14.6. The fourth-order valence-electron chi connectivity index (χ4n) is 2.75. The summed E-state index contributed by atoms with van der Waals surface area (Å²) in [6.07, 6.45) is 5.71. The summed E-state index contributed by atoms with van der Waals surface area (Å²) in [5.41, 5.74) is 0.743. The number of rotatable bonds is 2. The molecule has 1 aromatic carbocycles. The van der Waals surface area contributed by atoms with Crippen molar-refractivity contribution in [1.29, 1.82) is 5.26 Å². The topological polar surface area (TPSA) is 52.9 Å². The van der Waals surface area contributed by atoms with Gasteiger partial charge in [0.25, 0.3) is 5.91 Å². The Balaban J connectivity index is 2.18. The summed E-state index contributed by atoms with van der Waals surface area (Å²) in [5.74, 6) is -0.209. The van der Waals surface area contributed by atoms with E-state index in [9.17, 15) is 10.1 Å². The molecule has 1 N–H and O–H groups in total. The average molecular weight is 291 g/mol. The summed E-state index contributed by atoms with van der Waals surface area (Å²) in [6, 6.07) is 7.57. The van der Waals surface area contributed by atoms with Gasteiger partial charge in [0, 0.05) is 10.6 Å². The monoisotopic (exact) mass is 290 g/mol. The molecule has 20 heavy (non-hydrogen) atoms. The number of nitriles is 1. The zero-order valence-electron chi connectivity index (χ0n) is 11.7. The van der Waals surface area contributed by atoms with Crippen LogP contribution in [0, 0.1) is 18.3 Å². The largest absolute Gasteiger partial charge is 0.334 e. The van der Waals surface area contributed by atoms with Crippen LogP contribution in [-0.4, -0.2) is 11.4 Å². The second-order valence-electron chi connectivity index (χ2n) is 5.58. The molecule has 1 aliphatic carbocycles. The van der Waals surface area contributed by atoms with E-state index in [0.29, 0.717) is 10.6 Å². The van der Waals surface area contributed by atoms with E-state index in [2.05, 4.69) is 11.4 Å². The van der Waals surface area contributed by atoms with Crippen molar-refractivity contribution in [2.24, 2.45) is 0 Å². The first kappa shape index (κ1) is 14.9. The Morgan fingerprint density at radius 3 is 2.45 bits per heavy atom. The molecule has 0 aromatic heterocycles. The Morgan fingerprint density at radius 1 is 1.25 bits per heavy atom. The fourth-order valence-corrected chi connectivity index (χ4v) is 3.04. The molecule has 1 amide bonds. The lowest BCUT2D eigenvalue weighted by molar-refractivity contribution is 0.0913. The van der Waals surface area contributed by atoms with E-state index in [1.165, 1.54) is 0 Å². The number of hydrogen-bond donors (Lipinski definition) is 1. The summed E-state index contributed by atoms with van der Waals surface area (Å²) >= 11 is 5.99. The van der Waals surface area contributed by atoms with Gasteiger partial charge in [-0.15, -0.1) is 0 Å². The van der Waals surface area contributed by atoms with Crippen molar-refractivity contribution in [1.82, 2.24) is 5.32 Å². The molecular weight excluding hydrogens is 272 g/mol. The van der Waals surface area contributed by atoms with Gasteiger partial charge < -0.3 is 5.32 Å². The minimum atomic E-state index is -0.718.